The molecule has 0 saturated carbocycles. The number of nitrogens with zero attached hydrogens (tertiary/aromatic N) is 3. The molecule has 104 valence electrons. The number of nitrogens with two attached hydrogens (primary N) is 1. The number of rotatable bonds is 2. The Kier molecular flexibility index (Phi) is 4.10. The van der Waals surface area contributed by atoms with Crippen molar-refractivity contribution in [3.05, 3.63) is 51.0 Å². The van der Waals surface area contributed by atoms with Gasteiger partial charge in [-0.1, -0.05) is 28.1 Å². The van der Waals surface area contributed by atoms with Crippen molar-refractivity contribution in [2.75, 3.05) is 5.73 Å². The molecule has 0 bridgehead atoms. The number of nitrogen functional groups attached to an aromatic ring is 1. The Labute approximate surface area is 128 Å². The molecule has 0 spiro atoms. The zero-order valence-electron chi connectivity index (χ0n) is 10.2. The summed E-state index contributed by atoms with van der Waals surface area (Å²) in [4.78, 5) is 23.1. The number of nitrogens with one attached hydrogen (secondary N) is 1. The molecule has 0 aliphatic carbocycles. The van der Waals surface area contributed by atoms with Crippen molar-refractivity contribution in [1.82, 2.24) is 19.5 Å². The SMILES string of the molecule is Cl.Nc1nc2[nH]cnc2c(=O)n1Cc1ccc(Br)cc1. The first kappa shape index (κ1) is 14.5. The molecule has 0 aliphatic rings. The molecule has 3 N–H and O–H groups in total. The van der Waals surface area contributed by atoms with Crippen molar-refractivity contribution in [3.63, 3.8) is 0 Å². The second kappa shape index (κ2) is 5.64. The predicted octanol–water partition coefficient (Wildman–Crippen LogP) is 1.93. The van der Waals surface area contributed by atoms with Gasteiger partial charge in [-0.2, -0.15) is 4.98 Å². The first-order chi connectivity index (χ1) is 9.15. The molecule has 3 rings (SSSR count). The van der Waals surface area contributed by atoms with Crippen LogP contribution in [0.2, 0.25) is 0 Å². The molecule has 1 aromatic carbocycles. The zero-order chi connectivity index (χ0) is 13.4. The summed E-state index contributed by atoms with van der Waals surface area (Å²) < 4.78 is 2.39. The lowest BCUT2D eigenvalue weighted by Crippen LogP contribution is -2.25. The van der Waals surface area contributed by atoms with Gasteiger partial charge in [0.25, 0.3) is 5.56 Å². The number of anilines is 1. The van der Waals surface area contributed by atoms with Crippen LogP contribution < -0.4 is 11.3 Å². The fourth-order valence-electron chi connectivity index (χ4n) is 1.86. The molecular weight excluding hydrogens is 346 g/mol. The molecule has 6 nitrogen and oxygen atoms in total. The van der Waals surface area contributed by atoms with Gasteiger partial charge in [-0.25, -0.2) is 4.98 Å². The molecule has 0 saturated heterocycles. The monoisotopic (exact) mass is 355 g/mol. The highest BCUT2D eigenvalue weighted by atomic mass is 79.9. The Hall–Kier alpha value is -1.86. The summed E-state index contributed by atoms with van der Waals surface area (Å²) in [6, 6.07) is 7.67. The number of fused-ring (bicyclic) bond motifs is 1. The van der Waals surface area contributed by atoms with Gasteiger partial charge in [0.2, 0.25) is 5.95 Å². The third-order valence-electron chi connectivity index (χ3n) is 2.82. The highest BCUT2D eigenvalue weighted by Crippen LogP contribution is 2.12. The van der Waals surface area contributed by atoms with Crippen LogP contribution in [0.5, 0.6) is 0 Å². The van der Waals surface area contributed by atoms with Crippen LogP contribution in [-0.4, -0.2) is 19.5 Å². The summed E-state index contributed by atoms with van der Waals surface area (Å²) in [6.07, 6.45) is 1.43. The summed E-state index contributed by atoms with van der Waals surface area (Å²) in [7, 11) is 0. The van der Waals surface area contributed by atoms with E-state index < -0.39 is 0 Å². The van der Waals surface area contributed by atoms with Gasteiger partial charge >= 0.3 is 0 Å². The lowest BCUT2D eigenvalue weighted by atomic mass is 10.2. The van der Waals surface area contributed by atoms with Crippen LogP contribution >= 0.6 is 28.3 Å². The Balaban J connectivity index is 0.00000147. The van der Waals surface area contributed by atoms with E-state index in [2.05, 4.69) is 30.9 Å². The quantitative estimate of drug-likeness (QED) is 0.734. The first-order valence-corrected chi connectivity index (χ1v) is 6.38. The fraction of sp³-hybridized carbons (Fsp3) is 0.0833. The van der Waals surface area contributed by atoms with Crippen molar-refractivity contribution in [2.24, 2.45) is 0 Å². The number of imidazole rings is 1. The van der Waals surface area contributed by atoms with E-state index >= 15 is 0 Å². The lowest BCUT2D eigenvalue weighted by molar-refractivity contribution is 0.761. The average Bonchev–Trinajstić information content (AvgIpc) is 2.85. The van der Waals surface area contributed by atoms with Gasteiger partial charge in [0, 0.05) is 4.47 Å². The Morgan fingerprint density at radius 2 is 2.00 bits per heavy atom. The molecule has 0 amide bonds. The number of aromatic amines is 1. The smallest absolute Gasteiger partial charge is 0.283 e. The standard InChI is InChI=1S/C12H10BrN5O.ClH/c13-8-3-1-7(2-4-8)5-18-11(19)9-10(16-6-15-9)17-12(18)14;/h1-4,6H,5H2,(H2,14,17)(H,15,16);1H. The lowest BCUT2D eigenvalue weighted by Gasteiger charge is -2.08. The highest BCUT2D eigenvalue weighted by Gasteiger charge is 2.10. The van der Waals surface area contributed by atoms with Crippen LogP contribution in [0.4, 0.5) is 5.95 Å². The molecule has 3 aromatic rings. The molecule has 2 aromatic heterocycles. The minimum Gasteiger partial charge on any atom is -0.369 e. The van der Waals surface area contributed by atoms with E-state index in [9.17, 15) is 4.79 Å². The van der Waals surface area contributed by atoms with Crippen molar-refractivity contribution in [3.8, 4) is 0 Å². The molecule has 8 heteroatoms. The summed E-state index contributed by atoms with van der Waals surface area (Å²) in [6.45, 7) is 0.369. The maximum atomic E-state index is 12.2. The highest BCUT2D eigenvalue weighted by molar-refractivity contribution is 9.10. The van der Waals surface area contributed by atoms with Gasteiger partial charge < -0.3 is 10.7 Å². The molecule has 0 unspecified atom stereocenters. The maximum Gasteiger partial charge on any atom is 0.283 e. The van der Waals surface area contributed by atoms with Crippen molar-refractivity contribution in [1.29, 1.82) is 0 Å². The number of aromatic nitrogens is 4. The Bertz CT molecular complexity index is 796. The normalized spacial score (nSPS) is 10.4. The van der Waals surface area contributed by atoms with E-state index in [1.807, 2.05) is 24.3 Å². The largest absolute Gasteiger partial charge is 0.369 e. The maximum absolute atomic E-state index is 12.2. The molecule has 0 radical (unpaired) electrons. The van der Waals surface area contributed by atoms with E-state index in [-0.39, 0.29) is 23.9 Å². The number of benzene rings is 1. The third kappa shape index (κ3) is 2.54. The zero-order valence-corrected chi connectivity index (χ0v) is 12.6. The number of H-pyrrole nitrogens is 1. The summed E-state index contributed by atoms with van der Waals surface area (Å²) in [5.74, 6) is 0.171. The summed E-state index contributed by atoms with van der Waals surface area (Å²) >= 11 is 3.37. The van der Waals surface area contributed by atoms with Crippen LogP contribution in [0, 0.1) is 0 Å². The number of halogens is 2. The molecule has 0 aliphatic heterocycles. The van der Waals surface area contributed by atoms with Crippen molar-refractivity contribution in [2.45, 2.75) is 6.54 Å². The van der Waals surface area contributed by atoms with Crippen LogP contribution in [0.15, 0.2) is 39.9 Å². The van der Waals surface area contributed by atoms with Crippen LogP contribution in [0.25, 0.3) is 11.2 Å². The van der Waals surface area contributed by atoms with Crippen molar-refractivity contribution < 1.29 is 0 Å². The minimum atomic E-state index is -0.244. The van der Waals surface area contributed by atoms with Gasteiger partial charge in [-0.15, -0.1) is 12.4 Å². The minimum absolute atomic E-state index is 0. The molecule has 20 heavy (non-hydrogen) atoms. The molecule has 0 fully saturated rings. The van der Waals surface area contributed by atoms with Crippen molar-refractivity contribution >= 4 is 45.4 Å². The first-order valence-electron chi connectivity index (χ1n) is 5.59. The topological polar surface area (TPSA) is 89.6 Å². The van der Waals surface area contributed by atoms with Gasteiger partial charge in [-0.3, -0.25) is 9.36 Å². The number of hydrogen-bond donors (Lipinski definition) is 2. The van der Waals surface area contributed by atoms with Gasteiger partial charge in [0.15, 0.2) is 11.2 Å². The van der Waals surface area contributed by atoms with E-state index in [1.54, 1.807) is 0 Å². The second-order valence-electron chi connectivity index (χ2n) is 4.09. The Morgan fingerprint density at radius 1 is 1.30 bits per heavy atom. The summed E-state index contributed by atoms with van der Waals surface area (Å²) in [5, 5.41) is 0. The van der Waals surface area contributed by atoms with Crippen LogP contribution in [0.3, 0.4) is 0 Å². The van der Waals surface area contributed by atoms with Crippen LogP contribution in [0.1, 0.15) is 5.56 Å². The summed E-state index contributed by atoms with van der Waals surface area (Å²) in [5.41, 5.74) is 7.25. The molecule has 2 heterocycles. The molecule has 0 atom stereocenters. The fourth-order valence-corrected chi connectivity index (χ4v) is 2.13. The number of hydrogen-bond acceptors (Lipinski definition) is 4. The van der Waals surface area contributed by atoms with E-state index in [0.29, 0.717) is 17.7 Å². The second-order valence-corrected chi connectivity index (χ2v) is 5.00. The predicted molar refractivity (Wildman–Crippen MR) is 83.1 cm³/mol. The Morgan fingerprint density at radius 3 is 2.70 bits per heavy atom. The molecular formula is C12H11BrClN5O. The van der Waals surface area contributed by atoms with Gasteiger partial charge in [0.1, 0.15) is 0 Å². The van der Waals surface area contributed by atoms with Gasteiger partial charge in [-0.05, 0) is 17.7 Å². The van der Waals surface area contributed by atoms with E-state index in [0.717, 1.165) is 10.0 Å². The van der Waals surface area contributed by atoms with E-state index in [1.165, 1.54) is 10.9 Å². The van der Waals surface area contributed by atoms with Crippen LogP contribution in [-0.2, 0) is 6.54 Å². The third-order valence-corrected chi connectivity index (χ3v) is 3.35. The average molecular weight is 357 g/mol. The van der Waals surface area contributed by atoms with Gasteiger partial charge in [0.05, 0.1) is 12.9 Å². The van der Waals surface area contributed by atoms with E-state index in [4.69, 9.17) is 5.73 Å².